The van der Waals surface area contributed by atoms with E-state index in [4.69, 9.17) is 4.74 Å². The standard InChI is InChI=1S/C13H29NO/c1-5-6-7-8-9-10-12(2)14-13(3)11-15-4/h12-14H,5-11H2,1-4H3/t12-,13+/m0/s1. The van der Waals surface area contributed by atoms with Crippen LogP contribution < -0.4 is 5.32 Å². The van der Waals surface area contributed by atoms with Crippen LogP contribution >= 0.6 is 0 Å². The first-order chi connectivity index (χ1) is 7.20. The van der Waals surface area contributed by atoms with Crippen molar-refractivity contribution in [1.82, 2.24) is 5.32 Å². The molecule has 0 aliphatic carbocycles. The Kier molecular flexibility index (Phi) is 10.4. The Morgan fingerprint density at radius 2 is 1.67 bits per heavy atom. The van der Waals surface area contributed by atoms with Gasteiger partial charge in [-0.2, -0.15) is 0 Å². The molecule has 0 saturated heterocycles. The van der Waals surface area contributed by atoms with E-state index in [1.54, 1.807) is 7.11 Å². The quantitative estimate of drug-likeness (QED) is 0.564. The number of hydrogen-bond acceptors (Lipinski definition) is 2. The van der Waals surface area contributed by atoms with Gasteiger partial charge >= 0.3 is 0 Å². The fourth-order valence-corrected chi connectivity index (χ4v) is 1.92. The minimum Gasteiger partial charge on any atom is -0.383 e. The van der Waals surface area contributed by atoms with Crippen molar-refractivity contribution in [3.63, 3.8) is 0 Å². The first-order valence-electron chi connectivity index (χ1n) is 6.45. The van der Waals surface area contributed by atoms with Gasteiger partial charge in [0.1, 0.15) is 0 Å². The lowest BCUT2D eigenvalue weighted by Gasteiger charge is -2.19. The predicted molar refractivity (Wildman–Crippen MR) is 67.3 cm³/mol. The second-order valence-electron chi connectivity index (χ2n) is 4.63. The van der Waals surface area contributed by atoms with Crippen LogP contribution in [0.4, 0.5) is 0 Å². The third-order valence-electron chi connectivity index (χ3n) is 2.73. The summed E-state index contributed by atoms with van der Waals surface area (Å²) in [5.41, 5.74) is 0. The average molecular weight is 215 g/mol. The second-order valence-corrected chi connectivity index (χ2v) is 4.63. The Balaban J connectivity index is 3.28. The number of nitrogens with one attached hydrogen (secondary N) is 1. The molecule has 0 bridgehead atoms. The van der Waals surface area contributed by atoms with Gasteiger partial charge in [0.15, 0.2) is 0 Å². The predicted octanol–water partition coefficient (Wildman–Crippen LogP) is 3.36. The molecule has 0 aliphatic heterocycles. The molecule has 0 aliphatic rings. The van der Waals surface area contributed by atoms with Crippen molar-refractivity contribution in [3.05, 3.63) is 0 Å². The lowest BCUT2D eigenvalue weighted by Crippen LogP contribution is -2.37. The van der Waals surface area contributed by atoms with Gasteiger partial charge in [-0.25, -0.2) is 0 Å². The molecule has 0 saturated carbocycles. The van der Waals surface area contributed by atoms with Gasteiger partial charge < -0.3 is 10.1 Å². The molecule has 0 unspecified atom stereocenters. The first kappa shape index (κ1) is 14.9. The summed E-state index contributed by atoms with van der Waals surface area (Å²) in [4.78, 5) is 0. The average Bonchev–Trinajstić information content (AvgIpc) is 2.17. The molecule has 0 aromatic heterocycles. The fraction of sp³-hybridized carbons (Fsp3) is 1.00. The highest BCUT2D eigenvalue weighted by Gasteiger charge is 2.06. The van der Waals surface area contributed by atoms with Gasteiger partial charge in [-0.1, -0.05) is 39.0 Å². The Hall–Kier alpha value is -0.0800. The van der Waals surface area contributed by atoms with E-state index in [2.05, 4.69) is 26.1 Å². The van der Waals surface area contributed by atoms with Crippen LogP contribution in [-0.2, 0) is 4.74 Å². The van der Waals surface area contributed by atoms with Gasteiger partial charge in [0.05, 0.1) is 6.61 Å². The van der Waals surface area contributed by atoms with Crippen LogP contribution in [0.2, 0.25) is 0 Å². The van der Waals surface area contributed by atoms with Gasteiger partial charge in [-0.15, -0.1) is 0 Å². The van der Waals surface area contributed by atoms with E-state index in [1.165, 1.54) is 38.5 Å². The molecule has 2 atom stereocenters. The Morgan fingerprint density at radius 1 is 1.00 bits per heavy atom. The summed E-state index contributed by atoms with van der Waals surface area (Å²) >= 11 is 0. The molecular weight excluding hydrogens is 186 g/mol. The Morgan fingerprint density at radius 3 is 2.27 bits per heavy atom. The number of hydrogen-bond donors (Lipinski definition) is 1. The van der Waals surface area contributed by atoms with Gasteiger partial charge in [0.2, 0.25) is 0 Å². The van der Waals surface area contributed by atoms with Crippen molar-refractivity contribution in [3.8, 4) is 0 Å². The zero-order chi connectivity index (χ0) is 11.5. The molecule has 15 heavy (non-hydrogen) atoms. The molecule has 92 valence electrons. The van der Waals surface area contributed by atoms with Crippen molar-refractivity contribution in [1.29, 1.82) is 0 Å². The normalized spacial score (nSPS) is 15.2. The number of rotatable bonds is 10. The van der Waals surface area contributed by atoms with Crippen LogP contribution in [-0.4, -0.2) is 25.8 Å². The van der Waals surface area contributed by atoms with E-state index in [0.29, 0.717) is 12.1 Å². The minimum atomic E-state index is 0.473. The number of unbranched alkanes of at least 4 members (excludes halogenated alkanes) is 4. The molecule has 0 radical (unpaired) electrons. The third kappa shape index (κ3) is 10.2. The molecule has 0 aromatic rings. The fourth-order valence-electron chi connectivity index (χ4n) is 1.92. The molecule has 0 heterocycles. The number of ether oxygens (including phenoxy) is 1. The molecule has 2 nitrogen and oxygen atoms in total. The van der Waals surface area contributed by atoms with E-state index in [0.717, 1.165) is 6.61 Å². The van der Waals surface area contributed by atoms with Crippen LogP contribution in [0.15, 0.2) is 0 Å². The number of methoxy groups -OCH3 is 1. The van der Waals surface area contributed by atoms with Gasteiger partial charge in [0, 0.05) is 19.2 Å². The maximum absolute atomic E-state index is 5.10. The SMILES string of the molecule is CCCCCCC[C@H](C)N[C@H](C)COC. The maximum Gasteiger partial charge on any atom is 0.0613 e. The van der Waals surface area contributed by atoms with E-state index in [9.17, 15) is 0 Å². The second kappa shape index (κ2) is 10.4. The monoisotopic (exact) mass is 215 g/mol. The highest BCUT2D eigenvalue weighted by Crippen LogP contribution is 2.07. The van der Waals surface area contributed by atoms with Gasteiger partial charge in [0.25, 0.3) is 0 Å². The van der Waals surface area contributed by atoms with E-state index in [1.807, 2.05) is 0 Å². The van der Waals surface area contributed by atoms with Crippen LogP contribution in [0.25, 0.3) is 0 Å². The van der Waals surface area contributed by atoms with Crippen LogP contribution in [0, 0.1) is 0 Å². The van der Waals surface area contributed by atoms with Crippen molar-refractivity contribution < 1.29 is 4.74 Å². The summed E-state index contributed by atoms with van der Waals surface area (Å²) in [6, 6.07) is 1.09. The molecule has 0 rings (SSSR count). The molecule has 0 aromatic carbocycles. The highest BCUT2D eigenvalue weighted by molar-refractivity contribution is 4.66. The third-order valence-corrected chi connectivity index (χ3v) is 2.73. The summed E-state index contributed by atoms with van der Waals surface area (Å²) in [6.45, 7) is 7.51. The maximum atomic E-state index is 5.10. The molecule has 2 heteroatoms. The zero-order valence-electron chi connectivity index (χ0n) is 11.0. The Bertz CT molecular complexity index is 128. The van der Waals surface area contributed by atoms with Crippen molar-refractivity contribution >= 4 is 0 Å². The Labute approximate surface area is 95.8 Å². The minimum absolute atomic E-state index is 0.473. The smallest absolute Gasteiger partial charge is 0.0613 e. The van der Waals surface area contributed by atoms with Crippen molar-refractivity contribution in [2.24, 2.45) is 0 Å². The van der Waals surface area contributed by atoms with E-state index >= 15 is 0 Å². The highest BCUT2D eigenvalue weighted by atomic mass is 16.5. The summed E-state index contributed by atoms with van der Waals surface area (Å²) < 4.78 is 5.10. The van der Waals surface area contributed by atoms with E-state index in [-0.39, 0.29) is 0 Å². The lowest BCUT2D eigenvalue weighted by molar-refractivity contribution is 0.166. The molecule has 1 N–H and O–H groups in total. The summed E-state index contributed by atoms with van der Waals surface area (Å²) in [7, 11) is 1.76. The topological polar surface area (TPSA) is 21.3 Å². The van der Waals surface area contributed by atoms with Crippen molar-refractivity contribution in [2.75, 3.05) is 13.7 Å². The van der Waals surface area contributed by atoms with Gasteiger partial charge in [-0.05, 0) is 20.3 Å². The zero-order valence-corrected chi connectivity index (χ0v) is 11.0. The summed E-state index contributed by atoms with van der Waals surface area (Å²) in [5, 5.41) is 3.55. The molecule has 0 fully saturated rings. The summed E-state index contributed by atoms with van der Waals surface area (Å²) in [5.74, 6) is 0. The van der Waals surface area contributed by atoms with E-state index < -0.39 is 0 Å². The molecule has 0 amide bonds. The molecule has 0 spiro atoms. The van der Waals surface area contributed by atoms with Gasteiger partial charge in [-0.3, -0.25) is 0 Å². The lowest BCUT2D eigenvalue weighted by atomic mass is 10.1. The van der Waals surface area contributed by atoms with Crippen LogP contribution in [0.3, 0.4) is 0 Å². The largest absolute Gasteiger partial charge is 0.383 e. The van der Waals surface area contributed by atoms with Crippen LogP contribution in [0.1, 0.15) is 59.3 Å². The molecular formula is C13H29NO. The summed E-state index contributed by atoms with van der Waals surface area (Å²) in [6.07, 6.45) is 8.15. The van der Waals surface area contributed by atoms with Crippen LogP contribution in [0.5, 0.6) is 0 Å². The van der Waals surface area contributed by atoms with Crippen molar-refractivity contribution in [2.45, 2.75) is 71.4 Å². The first-order valence-corrected chi connectivity index (χ1v) is 6.45.